The zero-order chi connectivity index (χ0) is 19.4. The minimum Gasteiger partial charge on any atom is -0.482 e. The fourth-order valence-corrected chi connectivity index (χ4v) is 3.42. The summed E-state index contributed by atoms with van der Waals surface area (Å²) < 4.78 is 5.14. The predicted octanol–water partition coefficient (Wildman–Crippen LogP) is 3.69. The first-order valence-corrected chi connectivity index (χ1v) is 9.00. The molecule has 1 fully saturated rings. The van der Waals surface area contributed by atoms with Gasteiger partial charge in [0.2, 0.25) is 0 Å². The van der Waals surface area contributed by atoms with Gasteiger partial charge < -0.3 is 9.84 Å². The average Bonchev–Trinajstić information content (AvgIpc) is 2.89. The third kappa shape index (κ3) is 4.57. The van der Waals surface area contributed by atoms with E-state index in [0.717, 1.165) is 22.9 Å². The molecule has 2 aromatic carbocycles. The summed E-state index contributed by atoms with van der Waals surface area (Å²) >= 11 is 0.889. The molecule has 0 aromatic heterocycles. The predicted molar refractivity (Wildman–Crippen MR) is 102 cm³/mol. The van der Waals surface area contributed by atoms with Crippen molar-refractivity contribution in [3.05, 3.63) is 70.1 Å². The number of carbonyl (C=O) groups is 3. The van der Waals surface area contributed by atoms with Gasteiger partial charge in [0.05, 0.1) is 11.4 Å². The van der Waals surface area contributed by atoms with Crippen molar-refractivity contribution in [1.29, 1.82) is 0 Å². The van der Waals surface area contributed by atoms with E-state index in [9.17, 15) is 14.4 Å². The molecule has 27 heavy (non-hydrogen) atoms. The van der Waals surface area contributed by atoms with E-state index in [1.165, 1.54) is 4.90 Å². The van der Waals surface area contributed by atoms with Crippen LogP contribution in [0.15, 0.2) is 53.4 Å². The maximum Gasteiger partial charge on any atom is 0.341 e. The number of carboxylic acid groups (broad SMARTS) is 1. The van der Waals surface area contributed by atoms with E-state index >= 15 is 0 Å². The van der Waals surface area contributed by atoms with Crippen molar-refractivity contribution in [3.8, 4) is 5.75 Å². The van der Waals surface area contributed by atoms with Crippen LogP contribution in [-0.2, 0) is 16.1 Å². The standard InChI is InChI=1S/C20H17NO5S/c1-13-5-2-3-7-15(13)11-21-19(24)17(27-20(21)25)10-14-6-4-8-16(9-14)26-12-18(22)23/h2-10H,11-12H2,1H3,(H,22,23)/b17-10-. The van der Waals surface area contributed by atoms with Gasteiger partial charge in [-0.05, 0) is 53.6 Å². The van der Waals surface area contributed by atoms with Gasteiger partial charge in [-0.2, -0.15) is 0 Å². The number of ether oxygens (including phenoxy) is 1. The van der Waals surface area contributed by atoms with Gasteiger partial charge in [0.25, 0.3) is 11.1 Å². The lowest BCUT2D eigenvalue weighted by Gasteiger charge is -2.14. The van der Waals surface area contributed by atoms with Crippen LogP contribution in [0.4, 0.5) is 4.79 Å². The molecule has 0 unspecified atom stereocenters. The molecule has 2 aromatic rings. The number of hydrogen-bond acceptors (Lipinski definition) is 5. The molecule has 6 nitrogen and oxygen atoms in total. The summed E-state index contributed by atoms with van der Waals surface area (Å²) in [6.45, 7) is 1.72. The van der Waals surface area contributed by atoms with Crippen LogP contribution in [0.2, 0.25) is 0 Å². The molecule has 1 N–H and O–H groups in total. The molecule has 0 saturated carbocycles. The SMILES string of the molecule is Cc1ccccc1CN1C(=O)S/C(=C\c2cccc(OCC(=O)O)c2)C1=O. The quantitative estimate of drug-likeness (QED) is 0.766. The maximum atomic E-state index is 12.6. The van der Waals surface area contributed by atoms with Crippen molar-refractivity contribution < 1.29 is 24.2 Å². The van der Waals surface area contributed by atoms with E-state index in [1.807, 2.05) is 31.2 Å². The van der Waals surface area contributed by atoms with Crippen molar-refractivity contribution in [1.82, 2.24) is 4.90 Å². The molecular formula is C20H17NO5S. The van der Waals surface area contributed by atoms with Gasteiger partial charge in [-0.3, -0.25) is 14.5 Å². The first-order valence-electron chi connectivity index (χ1n) is 8.18. The lowest BCUT2D eigenvalue weighted by molar-refractivity contribution is -0.139. The van der Waals surface area contributed by atoms with E-state index in [0.29, 0.717) is 16.2 Å². The number of nitrogens with zero attached hydrogens (tertiary/aromatic N) is 1. The topological polar surface area (TPSA) is 83.9 Å². The number of carboxylic acids is 1. The van der Waals surface area contributed by atoms with Crippen molar-refractivity contribution in [2.75, 3.05) is 6.61 Å². The van der Waals surface area contributed by atoms with E-state index in [1.54, 1.807) is 30.3 Å². The summed E-state index contributed by atoms with van der Waals surface area (Å²) in [5.74, 6) is -1.03. The van der Waals surface area contributed by atoms with E-state index in [2.05, 4.69) is 0 Å². The number of carbonyl (C=O) groups excluding carboxylic acids is 2. The zero-order valence-electron chi connectivity index (χ0n) is 14.5. The van der Waals surface area contributed by atoms with Crippen LogP contribution in [0.25, 0.3) is 6.08 Å². The Morgan fingerprint density at radius 1 is 1.19 bits per heavy atom. The van der Waals surface area contributed by atoms with Crippen molar-refractivity contribution >= 4 is 35.0 Å². The number of benzene rings is 2. The second kappa shape index (κ2) is 8.09. The lowest BCUT2D eigenvalue weighted by atomic mass is 10.1. The Morgan fingerprint density at radius 2 is 1.96 bits per heavy atom. The first-order chi connectivity index (χ1) is 12.9. The Labute approximate surface area is 160 Å². The summed E-state index contributed by atoms with van der Waals surface area (Å²) in [5.41, 5.74) is 2.59. The second-order valence-corrected chi connectivity index (χ2v) is 6.94. The fourth-order valence-electron chi connectivity index (χ4n) is 2.58. The van der Waals surface area contributed by atoms with Crippen LogP contribution < -0.4 is 4.74 Å². The molecule has 0 bridgehead atoms. The Hall–Kier alpha value is -3.06. The Bertz CT molecular complexity index is 937. The average molecular weight is 383 g/mol. The van der Waals surface area contributed by atoms with Gasteiger partial charge in [0, 0.05) is 0 Å². The lowest BCUT2D eigenvalue weighted by Crippen LogP contribution is -2.27. The summed E-state index contributed by atoms with van der Waals surface area (Å²) in [5, 5.41) is 8.37. The number of rotatable bonds is 6. The molecule has 0 spiro atoms. The third-order valence-corrected chi connectivity index (χ3v) is 4.89. The van der Waals surface area contributed by atoms with Crippen LogP contribution in [0.3, 0.4) is 0 Å². The van der Waals surface area contributed by atoms with E-state index in [-0.39, 0.29) is 17.7 Å². The van der Waals surface area contributed by atoms with Crippen LogP contribution in [0.5, 0.6) is 5.75 Å². The molecular weight excluding hydrogens is 366 g/mol. The normalized spacial score (nSPS) is 15.4. The molecule has 0 atom stereocenters. The zero-order valence-corrected chi connectivity index (χ0v) is 15.4. The molecule has 1 saturated heterocycles. The minimum atomic E-state index is -1.07. The van der Waals surface area contributed by atoms with Crippen LogP contribution in [0.1, 0.15) is 16.7 Å². The summed E-state index contributed by atoms with van der Waals surface area (Å²) in [6.07, 6.45) is 1.61. The molecule has 0 radical (unpaired) electrons. The third-order valence-electron chi connectivity index (χ3n) is 3.98. The molecule has 3 rings (SSSR count). The molecule has 1 aliphatic heterocycles. The van der Waals surface area contributed by atoms with Crippen molar-refractivity contribution in [2.45, 2.75) is 13.5 Å². The highest BCUT2D eigenvalue weighted by Gasteiger charge is 2.35. The molecule has 7 heteroatoms. The number of aliphatic carboxylic acids is 1. The first kappa shape index (κ1) is 18.7. The van der Waals surface area contributed by atoms with Gasteiger partial charge in [-0.15, -0.1) is 0 Å². The van der Waals surface area contributed by atoms with Gasteiger partial charge in [0.15, 0.2) is 6.61 Å². The smallest absolute Gasteiger partial charge is 0.341 e. The van der Waals surface area contributed by atoms with Crippen LogP contribution >= 0.6 is 11.8 Å². The summed E-state index contributed by atoms with van der Waals surface area (Å²) in [4.78, 5) is 37.1. The highest BCUT2D eigenvalue weighted by atomic mass is 32.2. The number of amides is 2. The highest BCUT2D eigenvalue weighted by Crippen LogP contribution is 2.34. The van der Waals surface area contributed by atoms with Crippen molar-refractivity contribution in [3.63, 3.8) is 0 Å². The fraction of sp³-hybridized carbons (Fsp3) is 0.150. The monoisotopic (exact) mass is 383 g/mol. The maximum absolute atomic E-state index is 12.6. The Balaban J connectivity index is 1.77. The largest absolute Gasteiger partial charge is 0.482 e. The van der Waals surface area contributed by atoms with Gasteiger partial charge in [-0.25, -0.2) is 4.79 Å². The highest BCUT2D eigenvalue weighted by molar-refractivity contribution is 8.18. The molecule has 2 amide bonds. The number of hydrogen-bond donors (Lipinski definition) is 1. The van der Waals surface area contributed by atoms with Gasteiger partial charge in [-0.1, -0.05) is 36.4 Å². The summed E-state index contributed by atoms with van der Waals surface area (Å²) in [7, 11) is 0. The van der Waals surface area contributed by atoms with E-state index in [4.69, 9.17) is 9.84 Å². The summed E-state index contributed by atoms with van der Waals surface area (Å²) in [6, 6.07) is 14.3. The van der Waals surface area contributed by atoms with Crippen molar-refractivity contribution in [2.24, 2.45) is 0 Å². The number of aryl methyl sites for hydroxylation is 1. The molecule has 1 heterocycles. The number of thioether (sulfide) groups is 1. The van der Waals surface area contributed by atoms with Gasteiger partial charge >= 0.3 is 5.97 Å². The van der Waals surface area contributed by atoms with E-state index < -0.39 is 12.6 Å². The Kier molecular flexibility index (Phi) is 5.61. The number of imide groups is 1. The Morgan fingerprint density at radius 3 is 2.70 bits per heavy atom. The minimum absolute atomic E-state index is 0.233. The molecule has 138 valence electrons. The van der Waals surface area contributed by atoms with Gasteiger partial charge in [0.1, 0.15) is 5.75 Å². The molecule has 0 aliphatic carbocycles. The van der Waals surface area contributed by atoms with Crippen LogP contribution in [-0.4, -0.2) is 33.7 Å². The second-order valence-electron chi connectivity index (χ2n) is 5.95. The molecule has 1 aliphatic rings. The van der Waals surface area contributed by atoms with Crippen LogP contribution in [0, 0.1) is 6.92 Å².